The summed E-state index contributed by atoms with van der Waals surface area (Å²) in [6, 6.07) is 4.12. The van der Waals surface area contributed by atoms with E-state index in [-0.39, 0.29) is 5.41 Å². The average Bonchev–Trinajstić information content (AvgIpc) is 2.89. The number of aryl methyl sites for hydroxylation is 1. The van der Waals surface area contributed by atoms with Crippen LogP contribution in [0.4, 0.5) is 0 Å². The molecule has 0 unspecified atom stereocenters. The fourth-order valence-electron chi connectivity index (χ4n) is 2.00. The van der Waals surface area contributed by atoms with Crippen molar-refractivity contribution in [1.29, 1.82) is 0 Å². The van der Waals surface area contributed by atoms with E-state index in [4.69, 9.17) is 11.6 Å². The second-order valence-electron chi connectivity index (χ2n) is 6.68. The number of hydrogen-bond acceptors (Lipinski definition) is 3. The first kappa shape index (κ1) is 17.1. The third-order valence-electron chi connectivity index (χ3n) is 3.16. The molecule has 0 aliphatic heterocycles. The van der Waals surface area contributed by atoms with E-state index < -0.39 is 0 Å². The number of halogens is 1. The van der Waals surface area contributed by atoms with Crippen LogP contribution in [0.1, 0.15) is 42.6 Å². The Hall–Kier alpha value is -1.28. The van der Waals surface area contributed by atoms with Crippen molar-refractivity contribution in [2.24, 2.45) is 7.05 Å². The molecule has 0 spiro atoms. The minimum absolute atomic E-state index is 0.0969. The summed E-state index contributed by atoms with van der Waals surface area (Å²) < 4.78 is 2.57. The molecule has 0 saturated heterocycles. The van der Waals surface area contributed by atoms with Gasteiger partial charge in [-0.25, -0.2) is 0 Å². The average molecular weight is 336 g/mol. The Morgan fingerprint density at radius 3 is 2.50 bits per heavy atom. The second kappa shape index (κ2) is 6.45. The zero-order valence-corrected chi connectivity index (χ0v) is 15.6. The van der Waals surface area contributed by atoms with Gasteiger partial charge < -0.3 is 4.90 Å². The maximum Gasteiger partial charge on any atom is 0.111 e. The Kier molecular flexibility index (Phi) is 5.01. The monoisotopic (exact) mass is 335 g/mol. The molecule has 2 rings (SSSR count). The SMILES string of the molecule is CN(C)Cc1cc(C#Cc2cc(C(C)(C)C)sc2Cl)n(C)n1. The molecule has 0 fully saturated rings. The van der Waals surface area contributed by atoms with Gasteiger partial charge in [0.15, 0.2) is 0 Å². The molecule has 0 atom stereocenters. The van der Waals surface area contributed by atoms with Crippen molar-refractivity contribution >= 4 is 22.9 Å². The van der Waals surface area contributed by atoms with Crippen molar-refractivity contribution in [3.63, 3.8) is 0 Å². The van der Waals surface area contributed by atoms with Gasteiger partial charge in [-0.05, 0) is 37.6 Å². The van der Waals surface area contributed by atoms with Gasteiger partial charge in [0, 0.05) is 18.5 Å². The third kappa shape index (κ3) is 4.13. The van der Waals surface area contributed by atoms with Crippen molar-refractivity contribution in [2.75, 3.05) is 14.1 Å². The lowest BCUT2D eigenvalue weighted by Gasteiger charge is -2.14. The summed E-state index contributed by atoms with van der Waals surface area (Å²) in [5.41, 5.74) is 2.91. The molecule has 2 aromatic heterocycles. The van der Waals surface area contributed by atoms with Gasteiger partial charge in [0.2, 0.25) is 0 Å². The summed E-state index contributed by atoms with van der Waals surface area (Å²) in [6.45, 7) is 7.35. The molecule has 2 aromatic rings. The van der Waals surface area contributed by atoms with Crippen LogP contribution in [0.25, 0.3) is 0 Å². The van der Waals surface area contributed by atoms with Crippen molar-refractivity contribution in [1.82, 2.24) is 14.7 Å². The standard InChI is InChI=1S/C17H22ClN3S/c1-17(2,3)15-9-12(16(18)22-15)7-8-14-10-13(11-20(4)5)19-21(14)6/h9-10H,11H2,1-6H3. The van der Waals surface area contributed by atoms with Crippen LogP contribution in [-0.2, 0) is 19.0 Å². The Labute approximate surface area is 141 Å². The molecule has 3 nitrogen and oxygen atoms in total. The molecule has 0 radical (unpaired) electrons. The summed E-state index contributed by atoms with van der Waals surface area (Å²) in [5.74, 6) is 6.37. The van der Waals surface area contributed by atoms with Crippen molar-refractivity contribution in [3.8, 4) is 11.8 Å². The highest BCUT2D eigenvalue weighted by atomic mass is 35.5. The minimum atomic E-state index is 0.0969. The molecule has 0 amide bonds. The zero-order valence-electron chi connectivity index (χ0n) is 14.0. The molecule has 0 saturated carbocycles. The van der Waals surface area contributed by atoms with Crippen molar-refractivity contribution < 1.29 is 0 Å². The van der Waals surface area contributed by atoms with E-state index in [9.17, 15) is 0 Å². The first-order valence-corrected chi connectivity index (χ1v) is 8.36. The predicted molar refractivity (Wildman–Crippen MR) is 94.6 cm³/mol. The van der Waals surface area contributed by atoms with Crippen LogP contribution in [0, 0.1) is 11.8 Å². The Bertz CT molecular complexity index is 723. The molecule has 0 bridgehead atoms. The van der Waals surface area contributed by atoms with Gasteiger partial charge in [0.25, 0.3) is 0 Å². The lowest BCUT2D eigenvalue weighted by molar-refractivity contribution is 0.395. The first-order chi connectivity index (χ1) is 10.2. The highest BCUT2D eigenvalue weighted by Gasteiger charge is 2.18. The fourth-order valence-corrected chi connectivity index (χ4v) is 3.25. The van der Waals surface area contributed by atoms with Gasteiger partial charge in [0.05, 0.1) is 11.3 Å². The topological polar surface area (TPSA) is 21.1 Å². The van der Waals surface area contributed by atoms with E-state index >= 15 is 0 Å². The lowest BCUT2D eigenvalue weighted by Crippen LogP contribution is -2.11. The molecule has 0 aliphatic carbocycles. The Morgan fingerprint density at radius 2 is 1.95 bits per heavy atom. The van der Waals surface area contributed by atoms with Gasteiger partial charge in [-0.2, -0.15) is 5.10 Å². The first-order valence-electron chi connectivity index (χ1n) is 7.16. The van der Waals surface area contributed by atoms with E-state index in [1.54, 1.807) is 11.3 Å². The van der Waals surface area contributed by atoms with Crippen LogP contribution in [0.15, 0.2) is 12.1 Å². The largest absolute Gasteiger partial charge is 0.304 e. The molecule has 0 N–H and O–H groups in total. The Morgan fingerprint density at radius 1 is 1.27 bits per heavy atom. The van der Waals surface area contributed by atoms with Crippen molar-refractivity contribution in [2.45, 2.75) is 32.7 Å². The summed E-state index contributed by atoms with van der Waals surface area (Å²) in [5, 5.41) is 4.47. The van der Waals surface area contributed by atoms with E-state index in [0.29, 0.717) is 0 Å². The van der Waals surface area contributed by atoms with Gasteiger partial charge in [-0.3, -0.25) is 4.68 Å². The van der Waals surface area contributed by atoms with Crippen molar-refractivity contribution in [3.05, 3.63) is 38.3 Å². The van der Waals surface area contributed by atoms with Crippen LogP contribution in [0.3, 0.4) is 0 Å². The maximum atomic E-state index is 6.32. The van der Waals surface area contributed by atoms with E-state index in [1.807, 2.05) is 31.9 Å². The van der Waals surface area contributed by atoms with Crippen LogP contribution < -0.4 is 0 Å². The molecule has 0 aliphatic rings. The zero-order chi connectivity index (χ0) is 16.5. The number of nitrogens with zero attached hydrogens (tertiary/aromatic N) is 3. The predicted octanol–water partition coefficient (Wildman–Crippen LogP) is 3.89. The van der Waals surface area contributed by atoms with Gasteiger partial charge >= 0.3 is 0 Å². The van der Waals surface area contributed by atoms with Gasteiger partial charge in [-0.1, -0.05) is 38.3 Å². The smallest absolute Gasteiger partial charge is 0.111 e. The summed E-state index contributed by atoms with van der Waals surface area (Å²) in [6.07, 6.45) is 0. The number of aromatic nitrogens is 2. The minimum Gasteiger partial charge on any atom is -0.304 e. The van der Waals surface area contributed by atoms with Crippen LogP contribution >= 0.6 is 22.9 Å². The van der Waals surface area contributed by atoms with Crippen LogP contribution in [-0.4, -0.2) is 28.8 Å². The quantitative estimate of drug-likeness (QED) is 0.776. The summed E-state index contributed by atoms with van der Waals surface area (Å²) in [4.78, 5) is 3.34. The van der Waals surface area contributed by atoms with Gasteiger partial charge in [0.1, 0.15) is 10.0 Å². The maximum absolute atomic E-state index is 6.32. The van der Waals surface area contributed by atoms with Gasteiger partial charge in [-0.15, -0.1) is 11.3 Å². The highest BCUT2D eigenvalue weighted by Crippen LogP contribution is 2.35. The normalized spacial score (nSPS) is 11.6. The molecule has 5 heteroatoms. The molecular weight excluding hydrogens is 314 g/mol. The number of rotatable bonds is 2. The molecule has 2 heterocycles. The Balaban J connectivity index is 2.27. The molecular formula is C17H22ClN3S. The number of hydrogen-bond donors (Lipinski definition) is 0. The second-order valence-corrected chi connectivity index (χ2v) is 8.33. The summed E-state index contributed by atoms with van der Waals surface area (Å²) in [7, 11) is 5.97. The van der Waals surface area contributed by atoms with Crippen LogP contribution in [0.5, 0.6) is 0 Å². The lowest BCUT2D eigenvalue weighted by atomic mass is 9.94. The van der Waals surface area contributed by atoms with Crippen LogP contribution in [0.2, 0.25) is 4.34 Å². The summed E-state index contributed by atoms with van der Waals surface area (Å²) >= 11 is 7.93. The van der Waals surface area contributed by atoms with E-state index in [2.05, 4.69) is 48.7 Å². The third-order valence-corrected chi connectivity index (χ3v) is 4.94. The van der Waals surface area contributed by atoms with E-state index in [1.165, 1.54) is 4.88 Å². The highest BCUT2D eigenvalue weighted by molar-refractivity contribution is 7.16. The molecule has 0 aromatic carbocycles. The molecule has 118 valence electrons. The fraction of sp³-hybridized carbons (Fsp3) is 0.471. The molecule has 22 heavy (non-hydrogen) atoms. The number of thiophene rings is 1. The van der Waals surface area contributed by atoms with E-state index in [0.717, 1.165) is 27.8 Å².